The molecule has 2 aromatic rings. The first-order valence-corrected chi connectivity index (χ1v) is 6.31. The van der Waals surface area contributed by atoms with Gasteiger partial charge in [-0.15, -0.1) is 0 Å². The number of nitrogens with zero attached hydrogens (tertiary/aromatic N) is 2. The van der Waals surface area contributed by atoms with E-state index in [0.29, 0.717) is 15.0 Å². The fourth-order valence-electron chi connectivity index (χ4n) is 1.50. The second kappa shape index (κ2) is 5.43. The number of hydrogen-bond acceptors (Lipinski definition) is 2. The molecule has 0 unspecified atom stereocenters. The maximum atomic E-state index is 13.0. The maximum absolute atomic E-state index is 13.0. The van der Waals surface area contributed by atoms with Crippen LogP contribution in [-0.4, -0.2) is 17.9 Å². The van der Waals surface area contributed by atoms with Crippen LogP contribution in [0.25, 0.3) is 0 Å². The van der Waals surface area contributed by atoms with Crippen molar-refractivity contribution >= 4 is 34.3 Å². The van der Waals surface area contributed by atoms with Crippen LogP contribution >= 0.6 is 22.6 Å². The number of anilines is 1. The maximum Gasteiger partial charge on any atom is 0.260 e. The Morgan fingerprint density at radius 2 is 2.11 bits per heavy atom. The van der Waals surface area contributed by atoms with Crippen LogP contribution in [-0.2, 0) is 0 Å². The highest BCUT2D eigenvalue weighted by atomic mass is 127. The smallest absolute Gasteiger partial charge is 0.260 e. The molecule has 0 aliphatic rings. The van der Waals surface area contributed by atoms with E-state index in [1.54, 1.807) is 25.4 Å². The first-order valence-electron chi connectivity index (χ1n) is 5.24. The van der Waals surface area contributed by atoms with Crippen LogP contribution in [0, 0.1) is 9.39 Å². The molecule has 5 heteroatoms. The summed E-state index contributed by atoms with van der Waals surface area (Å²) in [5, 5.41) is 0. The summed E-state index contributed by atoms with van der Waals surface area (Å²) in [7, 11) is 1.64. The number of pyridine rings is 1. The molecule has 0 saturated carbocycles. The van der Waals surface area contributed by atoms with Gasteiger partial charge in [0.05, 0.1) is 5.56 Å². The third-order valence-corrected chi connectivity index (χ3v) is 3.35. The molecule has 0 spiro atoms. The normalized spacial score (nSPS) is 10.2. The first-order chi connectivity index (χ1) is 8.59. The molecular weight excluding hydrogens is 346 g/mol. The molecule has 0 N–H and O–H groups in total. The monoisotopic (exact) mass is 356 g/mol. The number of halogens is 2. The van der Waals surface area contributed by atoms with Crippen LogP contribution in [0.15, 0.2) is 42.6 Å². The largest absolute Gasteiger partial charge is 0.296 e. The molecule has 0 bridgehead atoms. The molecule has 0 atom stereocenters. The molecule has 0 saturated heterocycles. The van der Waals surface area contributed by atoms with Gasteiger partial charge in [0.25, 0.3) is 5.91 Å². The summed E-state index contributed by atoms with van der Waals surface area (Å²) < 4.78 is 13.6. The topological polar surface area (TPSA) is 33.2 Å². The lowest BCUT2D eigenvalue weighted by Crippen LogP contribution is -2.27. The van der Waals surface area contributed by atoms with E-state index in [2.05, 4.69) is 4.98 Å². The summed E-state index contributed by atoms with van der Waals surface area (Å²) in [6.45, 7) is 0. The van der Waals surface area contributed by atoms with Gasteiger partial charge in [0, 0.05) is 16.8 Å². The zero-order chi connectivity index (χ0) is 13.1. The van der Waals surface area contributed by atoms with Crippen LogP contribution in [0.5, 0.6) is 0 Å². The summed E-state index contributed by atoms with van der Waals surface area (Å²) >= 11 is 1.95. The van der Waals surface area contributed by atoms with Gasteiger partial charge in [-0.25, -0.2) is 9.37 Å². The lowest BCUT2D eigenvalue weighted by Gasteiger charge is -2.16. The summed E-state index contributed by atoms with van der Waals surface area (Å²) in [6.07, 6.45) is 1.62. The minimum absolute atomic E-state index is 0.210. The molecule has 1 amide bonds. The number of aromatic nitrogens is 1. The van der Waals surface area contributed by atoms with E-state index >= 15 is 0 Å². The van der Waals surface area contributed by atoms with Crippen molar-refractivity contribution in [1.29, 1.82) is 0 Å². The Bertz CT molecular complexity index is 574. The summed E-state index contributed by atoms with van der Waals surface area (Å²) in [5.41, 5.74) is 0.463. The molecule has 92 valence electrons. The van der Waals surface area contributed by atoms with Gasteiger partial charge in [0.1, 0.15) is 11.6 Å². The van der Waals surface area contributed by atoms with E-state index in [-0.39, 0.29) is 11.7 Å². The highest BCUT2D eigenvalue weighted by molar-refractivity contribution is 14.1. The van der Waals surface area contributed by atoms with Gasteiger partial charge in [-0.3, -0.25) is 9.69 Å². The van der Waals surface area contributed by atoms with Gasteiger partial charge in [-0.1, -0.05) is 6.07 Å². The van der Waals surface area contributed by atoms with E-state index in [1.165, 1.54) is 23.1 Å². The summed E-state index contributed by atoms with van der Waals surface area (Å²) in [4.78, 5) is 17.8. The molecule has 18 heavy (non-hydrogen) atoms. The molecular formula is C13H10FIN2O. The zero-order valence-corrected chi connectivity index (χ0v) is 11.8. The molecule has 0 radical (unpaired) electrons. The number of amides is 1. The Balaban J connectivity index is 2.32. The Hall–Kier alpha value is -1.50. The summed E-state index contributed by atoms with van der Waals surface area (Å²) in [5.74, 6) is -0.00263. The SMILES string of the molecule is CN(C(=O)c1ccc(F)cc1I)c1ccccn1. The fraction of sp³-hybridized carbons (Fsp3) is 0.0769. The van der Waals surface area contributed by atoms with Gasteiger partial charge in [0.15, 0.2) is 0 Å². The highest BCUT2D eigenvalue weighted by Gasteiger charge is 2.17. The molecule has 0 fully saturated rings. The first kappa shape index (κ1) is 12.9. The molecule has 1 heterocycles. The molecule has 2 rings (SSSR count). The number of hydrogen-bond donors (Lipinski definition) is 0. The average Bonchev–Trinajstić information content (AvgIpc) is 2.38. The zero-order valence-electron chi connectivity index (χ0n) is 9.60. The van der Waals surface area contributed by atoms with Crippen molar-refractivity contribution in [3.05, 3.63) is 57.5 Å². The van der Waals surface area contributed by atoms with Gasteiger partial charge < -0.3 is 0 Å². The van der Waals surface area contributed by atoms with Crippen LogP contribution < -0.4 is 4.90 Å². The number of benzene rings is 1. The molecule has 1 aromatic heterocycles. The fourth-order valence-corrected chi connectivity index (χ4v) is 2.21. The minimum Gasteiger partial charge on any atom is -0.296 e. The predicted molar refractivity (Wildman–Crippen MR) is 76.1 cm³/mol. The van der Waals surface area contributed by atoms with Gasteiger partial charge in [-0.2, -0.15) is 0 Å². The lowest BCUT2D eigenvalue weighted by atomic mass is 10.2. The van der Waals surface area contributed by atoms with Crippen molar-refractivity contribution in [3.8, 4) is 0 Å². The van der Waals surface area contributed by atoms with E-state index in [1.807, 2.05) is 28.7 Å². The van der Waals surface area contributed by atoms with E-state index in [4.69, 9.17) is 0 Å². The highest BCUT2D eigenvalue weighted by Crippen LogP contribution is 2.18. The third kappa shape index (κ3) is 2.66. The van der Waals surface area contributed by atoms with Crippen LogP contribution in [0.1, 0.15) is 10.4 Å². The summed E-state index contributed by atoms with van der Waals surface area (Å²) in [6, 6.07) is 9.43. The van der Waals surface area contributed by atoms with Gasteiger partial charge >= 0.3 is 0 Å². The van der Waals surface area contributed by atoms with Crippen LogP contribution in [0.3, 0.4) is 0 Å². The van der Waals surface area contributed by atoms with E-state index in [9.17, 15) is 9.18 Å². The Labute approximate surface area is 118 Å². The number of carbonyl (C=O) groups excluding carboxylic acids is 1. The van der Waals surface area contributed by atoms with Gasteiger partial charge in [0.2, 0.25) is 0 Å². The predicted octanol–water partition coefficient (Wildman–Crippen LogP) is 3.10. The van der Waals surface area contributed by atoms with E-state index < -0.39 is 0 Å². The van der Waals surface area contributed by atoms with E-state index in [0.717, 1.165) is 0 Å². The second-order valence-electron chi connectivity index (χ2n) is 3.68. The molecule has 0 aliphatic heterocycles. The number of rotatable bonds is 2. The van der Waals surface area contributed by atoms with Crippen LogP contribution in [0.2, 0.25) is 0 Å². The van der Waals surface area contributed by atoms with Crippen molar-refractivity contribution in [3.63, 3.8) is 0 Å². The van der Waals surface area contributed by atoms with Crippen molar-refractivity contribution in [2.45, 2.75) is 0 Å². The molecule has 1 aromatic carbocycles. The lowest BCUT2D eigenvalue weighted by molar-refractivity contribution is 0.0991. The Kier molecular flexibility index (Phi) is 3.90. The number of carbonyl (C=O) groups is 1. The van der Waals surface area contributed by atoms with Crippen LogP contribution in [0.4, 0.5) is 10.2 Å². The van der Waals surface area contributed by atoms with Gasteiger partial charge in [-0.05, 0) is 52.9 Å². The minimum atomic E-state index is -0.351. The quantitative estimate of drug-likeness (QED) is 0.775. The Morgan fingerprint density at radius 1 is 1.33 bits per heavy atom. The standard InChI is InChI=1S/C13H10FIN2O/c1-17(12-4-2-3-7-16-12)13(18)10-6-5-9(14)8-11(10)15/h2-8H,1H3. The second-order valence-corrected chi connectivity index (χ2v) is 4.84. The van der Waals surface area contributed by atoms with Crippen molar-refractivity contribution in [2.24, 2.45) is 0 Å². The Morgan fingerprint density at radius 3 is 2.72 bits per heavy atom. The molecule has 3 nitrogen and oxygen atoms in total. The van der Waals surface area contributed by atoms with Crippen molar-refractivity contribution in [1.82, 2.24) is 4.98 Å². The average molecular weight is 356 g/mol. The van der Waals surface area contributed by atoms with Crippen molar-refractivity contribution in [2.75, 3.05) is 11.9 Å². The molecule has 0 aliphatic carbocycles. The van der Waals surface area contributed by atoms with Crippen molar-refractivity contribution < 1.29 is 9.18 Å². The third-order valence-electron chi connectivity index (χ3n) is 2.46.